The van der Waals surface area contributed by atoms with Crippen molar-refractivity contribution in [3.63, 3.8) is 0 Å². The van der Waals surface area contributed by atoms with Crippen molar-refractivity contribution in [2.24, 2.45) is 0 Å². The Morgan fingerprint density at radius 1 is 1.23 bits per heavy atom. The quantitative estimate of drug-likeness (QED) is 0.798. The van der Waals surface area contributed by atoms with Crippen LogP contribution in [-0.4, -0.2) is 49.4 Å². The monoisotopic (exact) mass is 394 g/mol. The fraction of sp³-hybridized carbons (Fsp3) is 0.389. The SMILES string of the molecule is Cc1ccc(N2C(=O)CN(Cc3ccco3)C3CS(=O)(=O)CC32)cc1Cl. The maximum absolute atomic E-state index is 12.9. The molecule has 0 radical (unpaired) electrons. The van der Waals surface area contributed by atoms with E-state index in [4.69, 9.17) is 16.0 Å². The smallest absolute Gasteiger partial charge is 0.241 e. The number of halogens is 1. The van der Waals surface area contributed by atoms with Crippen molar-refractivity contribution in [2.75, 3.05) is 23.0 Å². The molecular weight excluding hydrogens is 376 g/mol. The Kier molecular flexibility index (Phi) is 4.33. The minimum absolute atomic E-state index is 0.0381. The summed E-state index contributed by atoms with van der Waals surface area (Å²) in [5.74, 6) is 0.591. The second-order valence-electron chi connectivity index (χ2n) is 6.89. The van der Waals surface area contributed by atoms with Crippen molar-refractivity contribution in [2.45, 2.75) is 25.6 Å². The number of nitrogens with zero attached hydrogens (tertiary/aromatic N) is 2. The summed E-state index contributed by atoms with van der Waals surface area (Å²) in [7, 11) is -3.22. The number of hydrogen-bond donors (Lipinski definition) is 0. The number of furan rings is 1. The highest BCUT2D eigenvalue weighted by molar-refractivity contribution is 7.91. The maximum Gasteiger partial charge on any atom is 0.241 e. The van der Waals surface area contributed by atoms with E-state index in [9.17, 15) is 13.2 Å². The number of fused-ring (bicyclic) bond motifs is 1. The summed E-state index contributed by atoms with van der Waals surface area (Å²) in [6, 6.07) is 8.33. The van der Waals surface area contributed by atoms with Crippen LogP contribution in [-0.2, 0) is 21.2 Å². The molecule has 0 aliphatic carbocycles. The molecule has 2 aliphatic rings. The second-order valence-corrected chi connectivity index (χ2v) is 9.45. The van der Waals surface area contributed by atoms with Gasteiger partial charge in [0.15, 0.2) is 9.84 Å². The molecule has 2 atom stereocenters. The molecule has 6 nitrogen and oxygen atoms in total. The van der Waals surface area contributed by atoms with Crippen LogP contribution in [0, 0.1) is 6.92 Å². The fourth-order valence-corrected chi connectivity index (χ4v) is 5.96. The van der Waals surface area contributed by atoms with Crippen LogP contribution in [0.5, 0.6) is 0 Å². The summed E-state index contributed by atoms with van der Waals surface area (Å²) >= 11 is 6.22. The van der Waals surface area contributed by atoms with Crippen LogP contribution in [0.4, 0.5) is 5.69 Å². The first-order chi connectivity index (χ1) is 12.3. The molecule has 0 bridgehead atoms. The number of sulfone groups is 1. The van der Waals surface area contributed by atoms with Crippen LogP contribution in [0.15, 0.2) is 41.0 Å². The van der Waals surface area contributed by atoms with E-state index in [1.165, 1.54) is 0 Å². The predicted octanol–water partition coefficient (Wildman–Crippen LogP) is 2.26. The molecule has 0 N–H and O–H groups in total. The van der Waals surface area contributed by atoms with Gasteiger partial charge in [-0.15, -0.1) is 0 Å². The predicted molar refractivity (Wildman–Crippen MR) is 99.0 cm³/mol. The molecule has 1 aromatic heterocycles. The highest BCUT2D eigenvalue weighted by Crippen LogP contribution is 2.34. The molecule has 4 rings (SSSR count). The van der Waals surface area contributed by atoms with Crippen molar-refractivity contribution in [1.82, 2.24) is 4.90 Å². The zero-order valence-corrected chi connectivity index (χ0v) is 15.8. The summed E-state index contributed by atoms with van der Waals surface area (Å²) in [5, 5.41) is 0.561. The van der Waals surface area contributed by atoms with Gasteiger partial charge in [-0.2, -0.15) is 0 Å². The molecule has 26 heavy (non-hydrogen) atoms. The van der Waals surface area contributed by atoms with E-state index >= 15 is 0 Å². The minimum Gasteiger partial charge on any atom is -0.468 e. The van der Waals surface area contributed by atoms with Gasteiger partial charge >= 0.3 is 0 Å². The number of hydrogen-bond acceptors (Lipinski definition) is 5. The maximum atomic E-state index is 12.9. The first-order valence-electron chi connectivity index (χ1n) is 8.39. The molecule has 8 heteroatoms. The standard InChI is InChI=1S/C18H19ClN2O4S/c1-12-4-5-13(7-15(12)19)21-17-11-26(23,24)10-16(17)20(9-18(21)22)8-14-3-2-6-25-14/h2-7,16-17H,8-11H2,1H3. The third kappa shape index (κ3) is 3.15. The molecule has 3 heterocycles. The second kappa shape index (κ2) is 6.40. The average Bonchev–Trinajstić information content (AvgIpc) is 3.17. The molecule has 2 aromatic rings. The zero-order valence-electron chi connectivity index (χ0n) is 14.3. The van der Waals surface area contributed by atoms with Crippen LogP contribution in [0.25, 0.3) is 0 Å². The van der Waals surface area contributed by atoms with Crippen molar-refractivity contribution >= 4 is 33.0 Å². The molecule has 1 aromatic carbocycles. The van der Waals surface area contributed by atoms with Gasteiger partial charge in [-0.1, -0.05) is 17.7 Å². The summed E-state index contributed by atoms with van der Waals surface area (Å²) in [6.07, 6.45) is 1.57. The summed E-state index contributed by atoms with van der Waals surface area (Å²) in [6.45, 7) is 2.44. The molecule has 0 saturated carbocycles. The number of anilines is 1. The summed E-state index contributed by atoms with van der Waals surface area (Å²) in [5.41, 5.74) is 1.56. The van der Waals surface area contributed by atoms with Gasteiger partial charge in [0.1, 0.15) is 5.76 Å². The molecule has 2 fully saturated rings. The van der Waals surface area contributed by atoms with E-state index in [1.807, 2.05) is 30.0 Å². The highest BCUT2D eigenvalue weighted by atomic mass is 35.5. The highest BCUT2D eigenvalue weighted by Gasteiger charge is 2.49. The van der Waals surface area contributed by atoms with Gasteiger partial charge in [0.2, 0.25) is 5.91 Å². The summed E-state index contributed by atoms with van der Waals surface area (Å²) < 4.78 is 30.0. The molecule has 138 valence electrons. The van der Waals surface area contributed by atoms with Crippen molar-refractivity contribution in [3.05, 3.63) is 52.9 Å². The van der Waals surface area contributed by atoms with Crippen LogP contribution in [0.2, 0.25) is 5.02 Å². The van der Waals surface area contributed by atoms with Gasteiger partial charge in [-0.05, 0) is 36.8 Å². The molecule has 1 amide bonds. The van der Waals surface area contributed by atoms with E-state index in [-0.39, 0.29) is 30.0 Å². The van der Waals surface area contributed by atoms with Crippen LogP contribution >= 0.6 is 11.6 Å². The van der Waals surface area contributed by atoms with Crippen molar-refractivity contribution < 1.29 is 17.6 Å². The lowest BCUT2D eigenvalue weighted by atomic mass is 10.0. The fourth-order valence-electron chi connectivity index (χ4n) is 3.80. The van der Waals surface area contributed by atoms with Crippen molar-refractivity contribution in [1.29, 1.82) is 0 Å². The first kappa shape index (κ1) is 17.6. The topological polar surface area (TPSA) is 70.8 Å². The number of aryl methyl sites for hydroxylation is 1. The zero-order chi connectivity index (χ0) is 18.5. The Balaban J connectivity index is 1.69. The largest absolute Gasteiger partial charge is 0.468 e. The van der Waals surface area contributed by atoms with E-state index in [0.717, 1.165) is 5.56 Å². The number of rotatable bonds is 3. The van der Waals surface area contributed by atoms with Gasteiger partial charge in [0, 0.05) is 16.8 Å². The number of piperazine rings is 1. The first-order valence-corrected chi connectivity index (χ1v) is 10.6. The number of carbonyl (C=O) groups is 1. The number of amides is 1. The lowest BCUT2D eigenvalue weighted by molar-refractivity contribution is -0.123. The Morgan fingerprint density at radius 3 is 2.69 bits per heavy atom. The normalized spacial score (nSPS) is 25.5. The van der Waals surface area contributed by atoms with E-state index in [1.54, 1.807) is 23.3 Å². The van der Waals surface area contributed by atoms with Crippen molar-refractivity contribution in [3.8, 4) is 0 Å². The molecular formula is C18H19ClN2O4S. The van der Waals surface area contributed by atoms with Gasteiger partial charge in [0.25, 0.3) is 0 Å². The van der Waals surface area contributed by atoms with Gasteiger partial charge in [0.05, 0.1) is 36.9 Å². The van der Waals surface area contributed by atoms with Crippen LogP contribution in [0.3, 0.4) is 0 Å². The van der Waals surface area contributed by atoms with Crippen LogP contribution < -0.4 is 4.90 Å². The Labute approximate surface area is 157 Å². The third-order valence-corrected chi connectivity index (χ3v) is 7.18. The van der Waals surface area contributed by atoms with Gasteiger partial charge < -0.3 is 9.32 Å². The Hall–Kier alpha value is -1.83. The van der Waals surface area contributed by atoms with E-state index < -0.39 is 15.9 Å². The lowest BCUT2D eigenvalue weighted by Gasteiger charge is -2.43. The van der Waals surface area contributed by atoms with E-state index in [0.29, 0.717) is 23.0 Å². The Bertz CT molecular complexity index is 942. The molecule has 0 spiro atoms. The molecule has 2 saturated heterocycles. The third-order valence-electron chi connectivity index (χ3n) is 5.07. The Morgan fingerprint density at radius 2 is 2.00 bits per heavy atom. The molecule has 2 unspecified atom stereocenters. The average molecular weight is 395 g/mol. The number of benzene rings is 1. The van der Waals surface area contributed by atoms with Gasteiger partial charge in [-0.25, -0.2) is 8.42 Å². The minimum atomic E-state index is -3.22. The van der Waals surface area contributed by atoms with E-state index in [2.05, 4.69) is 0 Å². The molecule has 2 aliphatic heterocycles. The lowest BCUT2D eigenvalue weighted by Crippen LogP contribution is -2.61. The van der Waals surface area contributed by atoms with Crippen LogP contribution in [0.1, 0.15) is 11.3 Å². The summed E-state index contributed by atoms with van der Waals surface area (Å²) in [4.78, 5) is 16.4. The number of carbonyl (C=O) groups excluding carboxylic acids is 1. The van der Waals surface area contributed by atoms with Gasteiger partial charge in [-0.3, -0.25) is 9.69 Å².